The van der Waals surface area contributed by atoms with Crippen LogP contribution in [-0.2, 0) is 10.0 Å². The van der Waals surface area contributed by atoms with Gasteiger partial charge < -0.3 is 4.90 Å². The highest BCUT2D eigenvalue weighted by Crippen LogP contribution is 2.22. The smallest absolute Gasteiger partial charge is 0.246 e. The number of pyridine rings is 1. The van der Waals surface area contributed by atoms with E-state index in [-0.39, 0.29) is 10.0 Å². The molecule has 0 atom stereocenters. The van der Waals surface area contributed by atoms with Crippen molar-refractivity contribution in [2.45, 2.75) is 18.2 Å². The van der Waals surface area contributed by atoms with Crippen LogP contribution in [0.25, 0.3) is 0 Å². The maximum Gasteiger partial charge on any atom is 0.246 e. The molecular formula is C12H20ClN3O2S. The van der Waals surface area contributed by atoms with E-state index >= 15 is 0 Å². The molecule has 0 amide bonds. The number of sulfonamides is 1. The highest BCUT2D eigenvalue weighted by molar-refractivity contribution is 7.89. The fraction of sp³-hybridized carbons (Fsp3) is 0.583. The Labute approximate surface area is 120 Å². The second-order valence-corrected chi connectivity index (χ2v) is 6.71. The molecule has 0 aliphatic heterocycles. The number of nitrogens with zero attached hydrogens (tertiary/aromatic N) is 3. The van der Waals surface area contributed by atoms with E-state index in [1.165, 1.54) is 16.6 Å². The van der Waals surface area contributed by atoms with E-state index in [0.717, 1.165) is 13.0 Å². The Morgan fingerprint density at radius 2 is 2.00 bits per heavy atom. The van der Waals surface area contributed by atoms with Crippen LogP contribution in [-0.4, -0.2) is 56.3 Å². The number of aromatic nitrogens is 1. The van der Waals surface area contributed by atoms with Gasteiger partial charge >= 0.3 is 0 Å². The summed E-state index contributed by atoms with van der Waals surface area (Å²) in [5, 5.41) is 0.0218. The lowest BCUT2D eigenvalue weighted by Crippen LogP contribution is -2.33. The normalized spacial score (nSPS) is 12.3. The molecule has 7 heteroatoms. The molecule has 1 rings (SSSR count). The Balaban J connectivity index is 2.87. The summed E-state index contributed by atoms with van der Waals surface area (Å²) in [6.07, 6.45) is 2.25. The van der Waals surface area contributed by atoms with Crippen molar-refractivity contribution in [1.82, 2.24) is 14.2 Å². The van der Waals surface area contributed by atoms with Crippen molar-refractivity contribution in [3.63, 3.8) is 0 Å². The zero-order valence-electron chi connectivity index (χ0n) is 11.5. The quantitative estimate of drug-likeness (QED) is 0.720. The van der Waals surface area contributed by atoms with Crippen LogP contribution in [0.1, 0.15) is 13.3 Å². The van der Waals surface area contributed by atoms with E-state index in [4.69, 9.17) is 11.6 Å². The summed E-state index contributed by atoms with van der Waals surface area (Å²) < 4.78 is 26.3. The van der Waals surface area contributed by atoms with Gasteiger partial charge in [0.25, 0.3) is 0 Å². The van der Waals surface area contributed by atoms with Crippen molar-refractivity contribution in [3.8, 4) is 0 Å². The van der Waals surface area contributed by atoms with Gasteiger partial charge in [-0.25, -0.2) is 13.4 Å². The van der Waals surface area contributed by atoms with Crippen molar-refractivity contribution in [2.24, 2.45) is 0 Å². The zero-order valence-corrected chi connectivity index (χ0v) is 13.1. The van der Waals surface area contributed by atoms with Gasteiger partial charge in [0.05, 0.1) is 0 Å². The number of halogens is 1. The molecule has 5 nitrogen and oxygen atoms in total. The monoisotopic (exact) mass is 305 g/mol. The first-order valence-corrected chi connectivity index (χ1v) is 7.96. The van der Waals surface area contributed by atoms with Crippen LogP contribution in [0, 0.1) is 0 Å². The first-order valence-electron chi connectivity index (χ1n) is 6.15. The summed E-state index contributed by atoms with van der Waals surface area (Å²) in [6.45, 7) is 3.55. The topological polar surface area (TPSA) is 53.5 Å². The van der Waals surface area contributed by atoms with Crippen LogP contribution in [0.3, 0.4) is 0 Å². The van der Waals surface area contributed by atoms with Crippen LogP contribution < -0.4 is 0 Å². The molecule has 108 valence electrons. The zero-order chi connectivity index (χ0) is 14.5. The molecule has 0 spiro atoms. The highest BCUT2D eigenvalue weighted by atomic mass is 35.5. The summed E-state index contributed by atoms with van der Waals surface area (Å²) in [5.74, 6) is 0. The molecule has 0 aromatic carbocycles. The van der Waals surface area contributed by atoms with Gasteiger partial charge in [0.15, 0.2) is 0 Å². The van der Waals surface area contributed by atoms with Crippen molar-refractivity contribution in [2.75, 3.05) is 33.7 Å². The van der Waals surface area contributed by atoms with E-state index in [9.17, 15) is 8.42 Å². The van der Waals surface area contributed by atoms with Crippen LogP contribution in [0.2, 0.25) is 5.15 Å². The van der Waals surface area contributed by atoms with Gasteiger partial charge in [-0.15, -0.1) is 0 Å². The third kappa shape index (κ3) is 4.42. The molecule has 19 heavy (non-hydrogen) atoms. The summed E-state index contributed by atoms with van der Waals surface area (Å²) in [5.41, 5.74) is 0. The predicted octanol–water partition coefficient (Wildman–Crippen LogP) is 1.70. The number of hydrogen-bond acceptors (Lipinski definition) is 4. The Bertz CT molecular complexity index is 505. The average Bonchev–Trinajstić information content (AvgIpc) is 2.34. The standard InChI is InChI=1S/C12H20ClN3O2S/c1-4-16(10-6-9-15(2)3)19(17,18)11-7-5-8-14-12(11)13/h5,7-8H,4,6,9-10H2,1-3H3. The molecular weight excluding hydrogens is 286 g/mol. The van der Waals surface area contributed by atoms with Crippen molar-refractivity contribution in [3.05, 3.63) is 23.5 Å². The Morgan fingerprint density at radius 3 is 2.53 bits per heavy atom. The van der Waals surface area contributed by atoms with E-state index in [2.05, 4.69) is 4.98 Å². The van der Waals surface area contributed by atoms with Gasteiger partial charge in [-0.2, -0.15) is 4.31 Å². The van der Waals surface area contributed by atoms with E-state index in [0.29, 0.717) is 13.1 Å². The SMILES string of the molecule is CCN(CCCN(C)C)S(=O)(=O)c1cccnc1Cl. The van der Waals surface area contributed by atoms with Gasteiger partial charge in [-0.3, -0.25) is 0 Å². The van der Waals surface area contributed by atoms with Gasteiger partial charge in [-0.05, 0) is 39.2 Å². The predicted molar refractivity (Wildman–Crippen MR) is 76.9 cm³/mol. The van der Waals surface area contributed by atoms with Gasteiger partial charge in [0.2, 0.25) is 10.0 Å². The van der Waals surface area contributed by atoms with Crippen molar-refractivity contribution >= 4 is 21.6 Å². The average molecular weight is 306 g/mol. The Morgan fingerprint density at radius 1 is 1.32 bits per heavy atom. The van der Waals surface area contributed by atoms with Crippen LogP contribution in [0.4, 0.5) is 0 Å². The summed E-state index contributed by atoms with van der Waals surface area (Å²) in [6, 6.07) is 3.06. The molecule has 0 saturated heterocycles. The summed E-state index contributed by atoms with van der Waals surface area (Å²) >= 11 is 5.87. The fourth-order valence-electron chi connectivity index (χ4n) is 1.71. The largest absolute Gasteiger partial charge is 0.309 e. The molecule has 0 saturated carbocycles. The van der Waals surface area contributed by atoms with Gasteiger partial charge in [0, 0.05) is 19.3 Å². The molecule has 0 unspecified atom stereocenters. The van der Waals surface area contributed by atoms with Gasteiger partial charge in [-0.1, -0.05) is 18.5 Å². The molecule has 0 radical (unpaired) electrons. The molecule has 0 aliphatic carbocycles. The fourth-order valence-corrected chi connectivity index (χ4v) is 3.63. The summed E-state index contributed by atoms with van der Waals surface area (Å²) in [4.78, 5) is 5.92. The maximum absolute atomic E-state index is 12.4. The molecule has 1 heterocycles. The van der Waals surface area contributed by atoms with Crippen molar-refractivity contribution in [1.29, 1.82) is 0 Å². The van der Waals surface area contributed by atoms with Crippen LogP contribution >= 0.6 is 11.6 Å². The molecule has 0 fully saturated rings. The molecule has 1 aromatic rings. The molecule has 0 N–H and O–H groups in total. The number of rotatable bonds is 7. The number of hydrogen-bond donors (Lipinski definition) is 0. The third-order valence-corrected chi connectivity index (χ3v) is 5.13. The highest BCUT2D eigenvalue weighted by Gasteiger charge is 2.25. The minimum Gasteiger partial charge on any atom is -0.309 e. The lowest BCUT2D eigenvalue weighted by atomic mass is 10.4. The lowest BCUT2D eigenvalue weighted by molar-refractivity contribution is 0.356. The first kappa shape index (κ1) is 16.4. The third-order valence-electron chi connectivity index (χ3n) is 2.71. The van der Waals surface area contributed by atoms with Crippen molar-refractivity contribution < 1.29 is 8.42 Å². The molecule has 0 aliphatic rings. The lowest BCUT2D eigenvalue weighted by Gasteiger charge is -2.21. The first-order chi connectivity index (χ1) is 8.89. The van der Waals surface area contributed by atoms with Gasteiger partial charge in [0.1, 0.15) is 10.0 Å². The minimum atomic E-state index is -3.56. The molecule has 1 aromatic heterocycles. The summed E-state index contributed by atoms with van der Waals surface area (Å²) in [7, 11) is 0.363. The second-order valence-electron chi connectivity index (χ2n) is 4.45. The van der Waals surface area contributed by atoms with E-state index in [1.54, 1.807) is 6.07 Å². The second kappa shape index (κ2) is 7.19. The Kier molecular flexibility index (Phi) is 6.19. The van der Waals surface area contributed by atoms with E-state index in [1.807, 2.05) is 25.9 Å². The minimum absolute atomic E-state index is 0.0218. The van der Waals surface area contributed by atoms with Crippen LogP contribution in [0.5, 0.6) is 0 Å². The van der Waals surface area contributed by atoms with E-state index < -0.39 is 10.0 Å². The Hall–Kier alpha value is -0.690. The molecule has 0 bridgehead atoms. The maximum atomic E-state index is 12.4. The van der Waals surface area contributed by atoms with Crippen LogP contribution in [0.15, 0.2) is 23.2 Å².